The Kier molecular flexibility index (Phi) is 4.46. The summed E-state index contributed by atoms with van der Waals surface area (Å²) < 4.78 is 4.37. The van der Waals surface area contributed by atoms with Gasteiger partial charge in [-0.05, 0) is 18.2 Å². The summed E-state index contributed by atoms with van der Waals surface area (Å²) in [7, 11) is 0. The van der Waals surface area contributed by atoms with E-state index in [0.29, 0.717) is 0 Å². The van der Waals surface area contributed by atoms with Crippen molar-refractivity contribution in [1.82, 2.24) is 0 Å². The Hall–Kier alpha value is -3.30. The predicted molar refractivity (Wildman–Crippen MR) is 56.6 cm³/mol. The Morgan fingerprint density at radius 3 is 2.05 bits per heavy atom. The molecular formula is C10H6O10. The minimum atomic E-state index is -1.92. The van der Waals surface area contributed by atoms with Crippen LogP contribution in [-0.4, -0.2) is 39.6 Å². The van der Waals surface area contributed by atoms with Crippen molar-refractivity contribution in [2.75, 3.05) is 0 Å². The van der Waals surface area contributed by atoms with Gasteiger partial charge in [-0.3, -0.25) is 0 Å². The molecule has 0 amide bonds. The minimum Gasteiger partial charge on any atom is -0.478 e. The second kappa shape index (κ2) is 6.04. The second-order valence-electron chi connectivity index (χ2n) is 3.11. The molecule has 0 aliphatic carbocycles. The molecule has 0 aliphatic rings. The van der Waals surface area contributed by atoms with Crippen LogP contribution in [0.15, 0.2) is 18.2 Å². The van der Waals surface area contributed by atoms with Crippen molar-refractivity contribution in [2.45, 2.75) is 0 Å². The minimum absolute atomic E-state index is 0.343. The van der Waals surface area contributed by atoms with Crippen LogP contribution in [0.2, 0.25) is 0 Å². The van der Waals surface area contributed by atoms with Crippen LogP contribution in [0.3, 0.4) is 0 Å². The third kappa shape index (κ3) is 3.87. The highest BCUT2D eigenvalue weighted by Crippen LogP contribution is 2.21. The highest BCUT2D eigenvalue weighted by atomic mass is 17.3. The van der Waals surface area contributed by atoms with Gasteiger partial charge >= 0.3 is 24.2 Å². The number of aromatic carboxylic acids is 2. The van der Waals surface area contributed by atoms with Crippen LogP contribution in [0.1, 0.15) is 20.7 Å². The summed E-state index contributed by atoms with van der Waals surface area (Å²) in [5, 5.41) is 25.6. The fraction of sp³-hybridized carbons (Fsp3) is 0. The summed E-state index contributed by atoms with van der Waals surface area (Å²) in [6.45, 7) is 0. The Labute approximate surface area is 109 Å². The van der Waals surface area contributed by atoms with Crippen LogP contribution in [0, 0.1) is 0 Å². The van der Waals surface area contributed by atoms with Gasteiger partial charge in [-0.1, -0.05) is 0 Å². The van der Waals surface area contributed by atoms with Crippen molar-refractivity contribution in [3.8, 4) is 5.75 Å². The van der Waals surface area contributed by atoms with Crippen LogP contribution >= 0.6 is 0 Å². The van der Waals surface area contributed by atoms with E-state index in [2.05, 4.69) is 14.5 Å². The first kappa shape index (κ1) is 14.8. The number of carboxylic acids is 2. The zero-order valence-corrected chi connectivity index (χ0v) is 9.43. The van der Waals surface area contributed by atoms with Gasteiger partial charge in [0.1, 0.15) is 11.3 Å². The normalized spacial score (nSPS) is 9.40. The molecule has 1 aromatic rings. The van der Waals surface area contributed by atoms with Crippen LogP contribution in [0.4, 0.5) is 9.59 Å². The van der Waals surface area contributed by atoms with Crippen LogP contribution in [0.5, 0.6) is 5.75 Å². The fourth-order valence-electron chi connectivity index (χ4n) is 1.10. The van der Waals surface area contributed by atoms with E-state index in [1.807, 2.05) is 0 Å². The van der Waals surface area contributed by atoms with E-state index in [-0.39, 0.29) is 5.56 Å². The Balaban J connectivity index is 2.94. The zero-order valence-electron chi connectivity index (χ0n) is 9.43. The van der Waals surface area contributed by atoms with Crippen molar-refractivity contribution >= 4 is 24.2 Å². The molecule has 0 radical (unpaired) electrons. The lowest BCUT2D eigenvalue weighted by atomic mass is 10.1. The average Bonchev–Trinajstić information content (AvgIpc) is 2.36. The number of ether oxygens (including phenoxy) is 1. The summed E-state index contributed by atoms with van der Waals surface area (Å²) in [6, 6.07) is 2.63. The van der Waals surface area contributed by atoms with E-state index in [1.54, 1.807) is 0 Å². The topological polar surface area (TPSA) is 157 Å². The molecule has 1 rings (SSSR count). The molecule has 106 valence electrons. The van der Waals surface area contributed by atoms with E-state index in [0.717, 1.165) is 18.2 Å². The van der Waals surface area contributed by atoms with Crippen molar-refractivity contribution in [3.05, 3.63) is 29.3 Å². The highest BCUT2D eigenvalue weighted by Gasteiger charge is 2.19. The second-order valence-corrected chi connectivity index (χ2v) is 3.11. The molecule has 0 heterocycles. The van der Waals surface area contributed by atoms with Gasteiger partial charge in [0.25, 0.3) is 0 Å². The summed E-state index contributed by atoms with van der Waals surface area (Å²) in [6.07, 6.45) is -3.56. The Morgan fingerprint density at radius 2 is 1.55 bits per heavy atom. The molecule has 0 fully saturated rings. The first-order valence-electron chi connectivity index (χ1n) is 4.71. The molecule has 20 heavy (non-hydrogen) atoms. The number of carbonyl (C=O) groups is 4. The molecule has 0 atom stereocenters. The van der Waals surface area contributed by atoms with E-state index < -0.39 is 35.6 Å². The largest absolute Gasteiger partial charge is 0.555 e. The van der Waals surface area contributed by atoms with Crippen LogP contribution in [-0.2, 0) is 9.78 Å². The molecule has 3 N–H and O–H groups in total. The van der Waals surface area contributed by atoms with Crippen molar-refractivity contribution in [2.24, 2.45) is 0 Å². The maximum atomic E-state index is 11.0. The number of carbonyl (C=O) groups excluding carboxylic acids is 1. The lowest BCUT2D eigenvalue weighted by Crippen LogP contribution is -2.15. The number of benzene rings is 1. The maximum absolute atomic E-state index is 11.0. The third-order valence-corrected chi connectivity index (χ3v) is 1.83. The van der Waals surface area contributed by atoms with Gasteiger partial charge < -0.3 is 20.1 Å². The lowest BCUT2D eigenvalue weighted by Gasteiger charge is -2.06. The van der Waals surface area contributed by atoms with Crippen molar-refractivity contribution < 1.29 is 49.0 Å². The summed E-state index contributed by atoms with van der Waals surface area (Å²) in [4.78, 5) is 49.6. The standard InChI is InChI=1S/C10H6O10/c11-7(12)4-1-2-6(5(3-4)8(13)14)18-10(17)20-19-9(15)16/h1-3H,(H,11,12)(H,13,14)(H,15,16). The van der Waals surface area contributed by atoms with E-state index in [4.69, 9.17) is 15.3 Å². The molecule has 10 nitrogen and oxygen atoms in total. The predicted octanol–water partition coefficient (Wildman–Crippen LogP) is 1.21. The average molecular weight is 286 g/mol. The molecule has 1 aromatic carbocycles. The molecule has 0 aromatic heterocycles. The van der Waals surface area contributed by atoms with Gasteiger partial charge in [0.2, 0.25) is 0 Å². The monoisotopic (exact) mass is 286 g/mol. The molecule has 0 bridgehead atoms. The van der Waals surface area contributed by atoms with E-state index >= 15 is 0 Å². The number of hydrogen-bond acceptors (Lipinski definition) is 7. The zero-order chi connectivity index (χ0) is 15.3. The Bertz CT molecular complexity index is 575. The molecule has 10 heteroatoms. The molecule has 0 unspecified atom stereocenters. The summed E-state index contributed by atoms with van der Waals surface area (Å²) in [5.41, 5.74) is -0.970. The summed E-state index contributed by atoms with van der Waals surface area (Å²) in [5.74, 6) is -3.48. The van der Waals surface area contributed by atoms with E-state index in [1.165, 1.54) is 0 Å². The molecular weight excluding hydrogens is 280 g/mol. The van der Waals surface area contributed by atoms with Gasteiger partial charge in [0.15, 0.2) is 0 Å². The highest BCUT2D eigenvalue weighted by molar-refractivity contribution is 5.96. The molecule has 0 spiro atoms. The molecule has 0 aliphatic heterocycles. The number of hydrogen-bond donors (Lipinski definition) is 3. The molecule has 0 saturated carbocycles. The first-order valence-corrected chi connectivity index (χ1v) is 4.71. The lowest BCUT2D eigenvalue weighted by molar-refractivity contribution is -0.205. The van der Waals surface area contributed by atoms with Gasteiger partial charge in [-0.15, -0.1) is 0 Å². The van der Waals surface area contributed by atoms with Crippen molar-refractivity contribution in [1.29, 1.82) is 0 Å². The van der Waals surface area contributed by atoms with E-state index in [9.17, 15) is 19.2 Å². The number of rotatable bonds is 3. The maximum Gasteiger partial charge on any atom is 0.555 e. The Morgan fingerprint density at radius 1 is 0.900 bits per heavy atom. The van der Waals surface area contributed by atoms with Gasteiger partial charge in [0, 0.05) is 0 Å². The van der Waals surface area contributed by atoms with Gasteiger partial charge in [-0.25, -0.2) is 19.3 Å². The van der Waals surface area contributed by atoms with Gasteiger partial charge in [-0.2, -0.15) is 9.68 Å². The first-order chi connectivity index (χ1) is 9.31. The SMILES string of the molecule is O=C(O)OOC(=O)Oc1ccc(C(=O)O)cc1C(=O)O. The van der Waals surface area contributed by atoms with Gasteiger partial charge in [0.05, 0.1) is 5.56 Å². The summed E-state index contributed by atoms with van der Waals surface area (Å²) >= 11 is 0. The van der Waals surface area contributed by atoms with Crippen LogP contribution in [0.25, 0.3) is 0 Å². The fourth-order valence-corrected chi connectivity index (χ4v) is 1.10. The third-order valence-electron chi connectivity index (χ3n) is 1.83. The quantitative estimate of drug-likeness (QED) is 0.319. The smallest absolute Gasteiger partial charge is 0.478 e. The molecule has 0 saturated heterocycles. The van der Waals surface area contributed by atoms with Crippen LogP contribution < -0.4 is 4.74 Å². The number of carboxylic acid groups (broad SMARTS) is 3. The van der Waals surface area contributed by atoms with Crippen molar-refractivity contribution in [3.63, 3.8) is 0 Å².